The molecule has 0 saturated heterocycles. The van der Waals surface area contributed by atoms with Crippen LogP contribution in [0.15, 0.2) is 24.3 Å². The zero-order valence-corrected chi connectivity index (χ0v) is 36.8. The highest BCUT2D eigenvalue weighted by molar-refractivity contribution is 5.76. The summed E-state index contributed by atoms with van der Waals surface area (Å²) in [6, 6.07) is -0.622. The number of nitrogens with one attached hydrogen (secondary N) is 1. The number of carbonyl (C=O) groups is 1. The minimum absolute atomic E-state index is 0.0654. The smallest absolute Gasteiger partial charge is 0.220 e. The second-order valence-corrected chi connectivity index (χ2v) is 16.9. The fraction of sp³-hybridized carbons (Fsp3) is 0.900. The van der Waals surface area contributed by atoms with E-state index in [2.05, 4.69) is 31.3 Å². The van der Waals surface area contributed by atoms with Crippen molar-refractivity contribution in [2.24, 2.45) is 0 Å². The van der Waals surface area contributed by atoms with Crippen LogP contribution >= 0.6 is 0 Å². The van der Waals surface area contributed by atoms with E-state index in [1.54, 1.807) is 6.08 Å². The quantitative estimate of drug-likeness (QED) is 0.0428. The summed E-state index contributed by atoms with van der Waals surface area (Å²) in [7, 11) is 0. The lowest BCUT2D eigenvalue weighted by Crippen LogP contribution is -2.45. The Labute approximate surface area is 339 Å². The minimum Gasteiger partial charge on any atom is -0.394 e. The van der Waals surface area contributed by atoms with Crippen LogP contribution in [0.4, 0.5) is 0 Å². The summed E-state index contributed by atoms with van der Waals surface area (Å²) in [4.78, 5) is 12.4. The van der Waals surface area contributed by atoms with Gasteiger partial charge < -0.3 is 15.5 Å². The van der Waals surface area contributed by atoms with Crippen LogP contribution in [0, 0.1) is 0 Å². The Balaban J connectivity index is 3.51. The van der Waals surface area contributed by atoms with Crippen LogP contribution in [-0.2, 0) is 4.79 Å². The maximum atomic E-state index is 12.4. The Kier molecular flexibility index (Phi) is 45.3. The standard InChI is InChI=1S/C50H97NO3/c1-3-5-7-9-11-13-15-17-19-21-23-24-25-26-27-28-29-31-33-35-37-39-41-43-45-49(53)48(47-52)51-50(54)46-44-42-40-38-36-34-32-30-22-20-18-16-14-12-10-8-6-4-2/h20,22,43,45,48-49,52-53H,3-19,21,23-42,44,46-47H2,1-2H3,(H,51,54)/b22-20-,45-43+. The van der Waals surface area contributed by atoms with Crippen LogP contribution in [0.2, 0.25) is 0 Å². The van der Waals surface area contributed by atoms with E-state index in [-0.39, 0.29) is 12.5 Å². The Bertz CT molecular complexity index is 780. The Morgan fingerprint density at radius 3 is 1.02 bits per heavy atom. The molecule has 0 spiro atoms. The predicted octanol–water partition coefficient (Wildman–Crippen LogP) is 15.6. The minimum atomic E-state index is -0.839. The number of rotatable bonds is 45. The number of amides is 1. The van der Waals surface area contributed by atoms with Gasteiger partial charge in [-0.1, -0.05) is 244 Å². The fourth-order valence-corrected chi connectivity index (χ4v) is 7.65. The fourth-order valence-electron chi connectivity index (χ4n) is 7.65. The Hall–Kier alpha value is -1.13. The molecule has 0 aliphatic heterocycles. The average Bonchev–Trinajstić information content (AvgIpc) is 3.18. The van der Waals surface area contributed by atoms with Gasteiger partial charge in [0, 0.05) is 6.42 Å². The molecule has 0 saturated carbocycles. The SMILES string of the molecule is CCCCCCCCC/C=C\CCCCCCCCCC(=O)NC(CO)C(O)/C=C/CCCCCCCCCCCCCCCCCCCCCCCC. The second kappa shape index (κ2) is 46.3. The molecule has 2 atom stereocenters. The zero-order valence-electron chi connectivity index (χ0n) is 36.8. The third-order valence-electron chi connectivity index (χ3n) is 11.4. The molecular formula is C50H97NO3. The van der Waals surface area contributed by atoms with Crippen LogP contribution in [0.1, 0.15) is 271 Å². The molecular weight excluding hydrogens is 663 g/mol. The van der Waals surface area contributed by atoms with Gasteiger partial charge in [0.1, 0.15) is 0 Å². The molecule has 0 aliphatic carbocycles. The highest BCUT2D eigenvalue weighted by atomic mass is 16.3. The number of aliphatic hydroxyl groups is 2. The third-order valence-corrected chi connectivity index (χ3v) is 11.4. The number of hydrogen-bond donors (Lipinski definition) is 3. The van der Waals surface area contributed by atoms with Gasteiger partial charge in [0.15, 0.2) is 0 Å². The number of allylic oxidation sites excluding steroid dienone is 3. The van der Waals surface area contributed by atoms with Crippen molar-refractivity contribution < 1.29 is 15.0 Å². The molecule has 0 aromatic carbocycles. The number of unbranched alkanes of at least 4 members (excludes halogenated alkanes) is 36. The molecule has 0 bridgehead atoms. The van der Waals surface area contributed by atoms with Gasteiger partial charge in [0.2, 0.25) is 5.91 Å². The molecule has 0 aromatic heterocycles. The van der Waals surface area contributed by atoms with Gasteiger partial charge in [0.05, 0.1) is 18.8 Å². The molecule has 320 valence electrons. The first-order valence-electron chi connectivity index (χ1n) is 24.6. The highest BCUT2D eigenvalue weighted by Crippen LogP contribution is 2.16. The molecule has 1 amide bonds. The van der Waals surface area contributed by atoms with Crippen molar-refractivity contribution in [3.63, 3.8) is 0 Å². The van der Waals surface area contributed by atoms with Crippen molar-refractivity contribution in [3.8, 4) is 0 Å². The van der Waals surface area contributed by atoms with Crippen molar-refractivity contribution in [1.82, 2.24) is 5.32 Å². The lowest BCUT2D eigenvalue weighted by atomic mass is 10.0. The van der Waals surface area contributed by atoms with E-state index >= 15 is 0 Å². The Morgan fingerprint density at radius 1 is 0.426 bits per heavy atom. The second-order valence-electron chi connectivity index (χ2n) is 16.9. The van der Waals surface area contributed by atoms with Crippen molar-refractivity contribution >= 4 is 5.91 Å². The molecule has 0 aliphatic rings. The monoisotopic (exact) mass is 760 g/mol. The molecule has 4 nitrogen and oxygen atoms in total. The topological polar surface area (TPSA) is 69.6 Å². The van der Waals surface area contributed by atoms with Gasteiger partial charge in [-0.05, 0) is 44.9 Å². The molecule has 0 heterocycles. The largest absolute Gasteiger partial charge is 0.394 e. The van der Waals surface area contributed by atoms with Gasteiger partial charge in [-0.2, -0.15) is 0 Å². The lowest BCUT2D eigenvalue weighted by molar-refractivity contribution is -0.123. The summed E-state index contributed by atoms with van der Waals surface area (Å²) in [5.74, 6) is -0.0654. The van der Waals surface area contributed by atoms with Crippen LogP contribution in [0.25, 0.3) is 0 Å². The molecule has 4 heteroatoms. The zero-order chi connectivity index (χ0) is 39.3. The molecule has 0 radical (unpaired) electrons. The van der Waals surface area contributed by atoms with Gasteiger partial charge >= 0.3 is 0 Å². The summed E-state index contributed by atoms with van der Waals surface area (Å²) in [6.07, 6.45) is 60.2. The average molecular weight is 760 g/mol. The molecule has 54 heavy (non-hydrogen) atoms. The van der Waals surface area contributed by atoms with Crippen molar-refractivity contribution in [3.05, 3.63) is 24.3 Å². The van der Waals surface area contributed by atoms with E-state index in [1.165, 1.54) is 225 Å². The van der Waals surface area contributed by atoms with E-state index < -0.39 is 12.1 Å². The van der Waals surface area contributed by atoms with E-state index in [9.17, 15) is 15.0 Å². The predicted molar refractivity (Wildman–Crippen MR) is 239 cm³/mol. The maximum Gasteiger partial charge on any atom is 0.220 e. The van der Waals surface area contributed by atoms with Crippen LogP contribution in [0.3, 0.4) is 0 Å². The van der Waals surface area contributed by atoms with Crippen LogP contribution < -0.4 is 5.32 Å². The number of aliphatic hydroxyl groups excluding tert-OH is 2. The van der Waals surface area contributed by atoms with E-state index in [0.29, 0.717) is 6.42 Å². The summed E-state index contributed by atoms with van der Waals surface area (Å²) < 4.78 is 0. The normalized spacial score (nSPS) is 13.0. The molecule has 0 rings (SSSR count). The summed E-state index contributed by atoms with van der Waals surface area (Å²) in [5.41, 5.74) is 0. The van der Waals surface area contributed by atoms with Crippen molar-refractivity contribution in [2.75, 3.05) is 6.61 Å². The van der Waals surface area contributed by atoms with Crippen molar-refractivity contribution in [1.29, 1.82) is 0 Å². The molecule has 2 unspecified atom stereocenters. The first-order chi connectivity index (χ1) is 26.7. The summed E-state index contributed by atoms with van der Waals surface area (Å²) in [6.45, 7) is 4.33. The van der Waals surface area contributed by atoms with Crippen molar-refractivity contribution in [2.45, 2.75) is 283 Å². The first-order valence-corrected chi connectivity index (χ1v) is 24.6. The van der Waals surface area contributed by atoms with E-state index in [0.717, 1.165) is 25.7 Å². The van der Waals surface area contributed by atoms with E-state index in [1.807, 2.05) is 6.08 Å². The van der Waals surface area contributed by atoms with Gasteiger partial charge in [-0.15, -0.1) is 0 Å². The number of hydrogen-bond acceptors (Lipinski definition) is 3. The number of carbonyl (C=O) groups excluding carboxylic acids is 1. The molecule has 3 N–H and O–H groups in total. The van der Waals surface area contributed by atoms with Crippen LogP contribution in [-0.4, -0.2) is 34.9 Å². The van der Waals surface area contributed by atoms with E-state index in [4.69, 9.17) is 0 Å². The maximum absolute atomic E-state index is 12.4. The third kappa shape index (κ3) is 42.0. The van der Waals surface area contributed by atoms with Gasteiger partial charge in [-0.25, -0.2) is 0 Å². The Morgan fingerprint density at radius 2 is 0.704 bits per heavy atom. The lowest BCUT2D eigenvalue weighted by Gasteiger charge is -2.20. The van der Waals surface area contributed by atoms with Crippen LogP contribution in [0.5, 0.6) is 0 Å². The van der Waals surface area contributed by atoms with Gasteiger partial charge in [0.25, 0.3) is 0 Å². The summed E-state index contributed by atoms with van der Waals surface area (Å²) in [5, 5.41) is 23.1. The highest BCUT2D eigenvalue weighted by Gasteiger charge is 2.18. The molecule has 0 fully saturated rings. The van der Waals surface area contributed by atoms with Gasteiger partial charge in [-0.3, -0.25) is 4.79 Å². The first kappa shape index (κ1) is 52.9. The molecule has 0 aromatic rings. The summed E-state index contributed by atoms with van der Waals surface area (Å²) >= 11 is 0.